The van der Waals surface area contributed by atoms with Gasteiger partial charge in [0.15, 0.2) is 11.6 Å². The molecule has 0 radical (unpaired) electrons. The number of halogens is 1. The summed E-state index contributed by atoms with van der Waals surface area (Å²) in [7, 11) is -0.510. The van der Waals surface area contributed by atoms with Crippen molar-refractivity contribution in [2.45, 2.75) is 52.2 Å². The lowest BCUT2D eigenvalue weighted by atomic mass is 9.76. The minimum absolute atomic E-state index is 0.132. The Labute approximate surface area is 332 Å². The first-order valence-electron chi connectivity index (χ1n) is 19.0. The summed E-state index contributed by atoms with van der Waals surface area (Å²) in [5.74, 6) is 1.00. The zero-order valence-electron chi connectivity index (χ0n) is 32.0. The number of aryl methyl sites for hydroxylation is 1. The quantitative estimate of drug-likeness (QED) is 0.119. The Morgan fingerprint density at radius 2 is 1.02 bits per heavy atom. The molecule has 0 unspecified atom stereocenters. The summed E-state index contributed by atoms with van der Waals surface area (Å²) in [5.41, 5.74) is 9.25. The summed E-state index contributed by atoms with van der Waals surface area (Å²) >= 11 is 6.66. The number of nitrogens with zero attached hydrogens (tertiary/aromatic N) is 4. The maximum absolute atomic E-state index is 6.66. The normalized spacial score (nSPS) is 14.8. The van der Waals surface area contributed by atoms with Crippen LogP contribution in [0.5, 0.6) is 0 Å². The van der Waals surface area contributed by atoms with Gasteiger partial charge in [0.2, 0.25) is 5.28 Å². The fourth-order valence-electron chi connectivity index (χ4n) is 7.74. The van der Waals surface area contributed by atoms with Gasteiger partial charge in [0.05, 0.1) is 11.2 Å². The van der Waals surface area contributed by atoms with E-state index in [1.54, 1.807) is 0 Å². The van der Waals surface area contributed by atoms with E-state index in [2.05, 4.69) is 153 Å². The molecule has 0 atom stereocenters. The number of hydrogen-bond donors (Lipinski definition) is 0. The third-order valence-corrected chi connectivity index (χ3v) is 11.4. The first-order valence-corrected chi connectivity index (χ1v) is 19.4. The third-order valence-electron chi connectivity index (χ3n) is 11.2. The monoisotopic (exact) mass is 750 g/mol. The molecule has 1 fully saturated rings. The smallest absolute Gasteiger partial charge is 0.399 e. The summed E-state index contributed by atoms with van der Waals surface area (Å²) in [6.45, 7) is 10.3. The highest BCUT2D eigenvalue weighted by Crippen LogP contribution is 2.44. The molecule has 56 heavy (non-hydrogen) atoms. The molecule has 1 aliphatic heterocycles. The van der Waals surface area contributed by atoms with Crippen LogP contribution in [0.2, 0.25) is 5.28 Å². The highest BCUT2D eigenvalue weighted by molar-refractivity contribution is 6.62. The van der Waals surface area contributed by atoms with Crippen molar-refractivity contribution in [3.63, 3.8) is 0 Å². The standard InChI is InChI=1S/C48H40BClN4O2/c1-30-25-26-40(49-55-47(2,3)48(4,5)56-49)41(51-30)28-31-15-13-19-34(27-31)44-52-45(54-46(50)53-44)35-20-14-18-33(29-35)43-38-23-11-9-21-36(38)42(32-16-7-6-8-17-32)37-22-10-12-24-39(37)43/h6-27,29H,28H2,1-5H3. The average Bonchev–Trinajstić information content (AvgIpc) is 3.42. The van der Waals surface area contributed by atoms with Crippen molar-refractivity contribution >= 4 is 45.7 Å². The van der Waals surface area contributed by atoms with E-state index >= 15 is 0 Å². The van der Waals surface area contributed by atoms with E-state index in [0.717, 1.165) is 44.7 Å². The van der Waals surface area contributed by atoms with Gasteiger partial charge >= 0.3 is 7.12 Å². The van der Waals surface area contributed by atoms with Gasteiger partial charge in [-0.1, -0.05) is 121 Å². The van der Waals surface area contributed by atoms with Crippen molar-refractivity contribution in [2.24, 2.45) is 0 Å². The van der Waals surface area contributed by atoms with Crippen LogP contribution in [-0.4, -0.2) is 38.3 Å². The molecule has 8 aromatic rings. The first-order chi connectivity index (χ1) is 27.0. The molecule has 0 aliphatic carbocycles. The molecule has 274 valence electrons. The van der Waals surface area contributed by atoms with E-state index in [4.69, 9.17) is 30.9 Å². The summed E-state index contributed by atoms with van der Waals surface area (Å²) in [4.78, 5) is 19.2. The van der Waals surface area contributed by atoms with Gasteiger partial charge in [-0.25, -0.2) is 4.98 Å². The van der Waals surface area contributed by atoms with Crippen LogP contribution in [0, 0.1) is 6.92 Å². The zero-order chi connectivity index (χ0) is 38.6. The van der Waals surface area contributed by atoms with E-state index in [0.29, 0.717) is 18.1 Å². The second-order valence-corrected chi connectivity index (χ2v) is 15.8. The van der Waals surface area contributed by atoms with Gasteiger partial charge in [0.1, 0.15) is 0 Å². The van der Waals surface area contributed by atoms with Crippen molar-refractivity contribution in [2.75, 3.05) is 0 Å². The minimum Gasteiger partial charge on any atom is -0.399 e. The van der Waals surface area contributed by atoms with Gasteiger partial charge in [-0.2, -0.15) is 9.97 Å². The number of fused-ring (bicyclic) bond motifs is 2. The lowest BCUT2D eigenvalue weighted by Gasteiger charge is -2.32. The number of aromatic nitrogens is 4. The van der Waals surface area contributed by atoms with Crippen molar-refractivity contribution < 1.29 is 9.31 Å². The Kier molecular flexibility index (Phi) is 9.04. The van der Waals surface area contributed by atoms with Crippen molar-refractivity contribution in [3.05, 3.63) is 162 Å². The second kappa shape index (κ2) is 14.1. The van der Waals surface area contributed by atoms with Crippen LogP contribution in [0.1, 0.15) is 44.6 Å². The second-order valence-electron chi connectivity index (χ2n) is 15.5. The maximum atomic E-state index is 6.66. The molecular formula is C48H40BClN4O2. The lowest BCUT2D eigenvalue weighted by Crippen LogP contribution is -2.41. The molecular weight excluding hydrogens is 711 g/mol. The molecule has 0 N–H and O–H groups in total. The van der Waals surface area contributed by atoms with Crippen molar-refractivity contribution in [1.29, 1.82) is 0 Å². The molecule has 9 rings (SSSR count). The molecule has 3 heterocycles. The third kappa shape index (κ3) is 6.56. The lowest BCUT2D eigenvalue weighted by molar-refractivity contribution is 0.00578. The van der Waals surface area contributed by atoms with E-state index in [1.165, 1.54) is 32.7 Å². The van der Waals surface area contributed by atoms with E-state index in [1.807, 2.05) is 31.2 Å². The molecule has 0 spiro atoms. The van der Waals surface area contributed by atoms with Crippen LogP contribution >= 0.6 is 11.6 Å². The number of rotatable bonds is 7. The predicted octanol–water partition coefficient (Wildman–Crippen LogP) is 11.1. The van der Waals surface area contributed by atoms with Gasteiger partial charge in [-0.05, 0) is 114 Å². The Hall–Kier alpha value is -5.73. The SMILES string of the molecule is Cc1ccc(B2OC(C)(C)C(C)(C)O2)c(Cc2cccc(-c3nc(Cl)nc(-c4cccc(-c5c6ccccc6c(-c6ccccc6)c6ccccc56)c4)n3)c2)n1. The molecule has 0 saturated carbocycles. The van der Waals surface area contributed by atoms with E-state index in [9.17, 15) is 0 Å². The molecule has 1 saturated heterocycles. The fourth-order valence-corrected chi connectivity index (χ4v) is 7.90. The van der Waals surface area contributed by atoms with Crippen LogP contribution < -0.4 is 5.46 Å². The largest absolute Gasteiger partial charge is 0.496 e. The molecule has 2 aromatic heterocycles. The van der Waals surface area contributed by atoms with Crippen LogP contribution in [0.25, 0.3) is 66.6 Å². The maximum Gasteiger partial charge on any atom is 0.496 e. The number of pyridine rings is 1. The summed E-state index contributed by atoms with van der Waals surface area (Å²) in [5, 5.41) is 4.89. The Bertz CT molecular complexity index is 2720. The Morgan fingerprint density at radius 1 is 0.518 bits per heavy atom. The molecule has 8 heteroatoms. The fraction of sp³-hybridized carbons (Fsp3) is 0.167. The zero-order valence-corrected chi connectivity index (χ0v) is 32.8. The summed E-state index contributed by atoms with van der Waals surface area (Å²) in [6.07, 6.45) is 0.577. The predicted molar refractivity (Wildman–Crippen MR) is 229 cm³/mol. The van der Waals surface area contributed by atoms with Gasteiger partial charge in [0, 0.05) is 34.4 Å². The van der Waals surface area contributed by atoms with Crippen molar-refractivity contribution in [3.8, 4) is 45.0 Å². The highest BCUT2D eigenvalue weighted by atomic mass is 35.5. The molecule has 0 bridgehead atoms. The first kappa shape index (κ1) is 35.9. The van der Waals surface area contributed by atoms with E-state index in [-0.39, 0.29) is 5.28 Å². The average molecular weight is 751 g/mol. The highest BCUT2D eigenvalue weighted by Gasteiger charge is 2.52. The molecule has 6 nitrogen and oxygen atoms in total. The molecule has 1 aliphatic rings. The molecule has 0 amide bonds. The van der Waals surface area contributed by atoms with E-state index < -0.39 is 18.3 Å². The van der Waals surface area contributed by atoms with Crippen LogP contribution in [0.3, 0.4) is 0 Å². The van der Waals surface area contributed by atoms with Crippen molar-refractivity contribution in [1.82, 2.24) is 19.9 Å². The topological polar surface area (TPSA) is 70.0 Å². The van der Waals surface area contributed by atoms with Gasteiger partial charge in [0.25, 0.3) is 0 Å². The summed E-state index contributed by atoms with van der Waals surface area (Å²) in [6, 6.07) is 48.6. The van der Waals surface area contributed by atoms with Crippen LogP contribution in [0.4, 0.5) is 0 Å². The van der Waals surface area contributed by atoms with Gasteiger partial charge in [-0.15, -0.1) is 0 Å². The minimum atomic E-state index is -0.510. The Morgan fingerprint density at radius 3 is 1.62 bits per heavy atom. The van der Waals surface area contributed by atoms with Gasteiger partial charge in [-0.3, -0.25) is 4.98 Å². The van der Waals surface area contributed by atoms with Gasteiger partial charge < -0.3 is 9.31 Å². The molecule has 6 aromatic carbocycles. The Balaban J connectivity index is 1.09. The number of benzene rings is 6. The number of hydrogen-bond acceptors (Lipinski definition) is 6. The van der Waals surface area contributed by atoms with Crippen LogP contribution in [-0.2, 0) is 15.7 Å². The summed E-state index contributed by atoms with van der Waals surface area (Å²) < 4.78 is 12.9. The van der Waals surface area contributed by atoms with Crippen LogP contribution in [0.15, 0.2) is 140 Å².